The number of aromatic nitrogens is 1. The Balaban J connectivity index is 1.61. The van der Waals surface area contributed by atoms with Gasteiger partial charge in [-0.25, -0.2) is 4.99 Å². The molecule has 0 unspecified atom stereocenters. The molecule has 24 heavy (non-hydrogen) atoms. The minimum atomic E-state index is 0.723. The van der Waals surface area contributed by atoms with Gasteiger partial charge in [-0.15, -0.1) is 0 Å². The summed E-state index contributed by atoms with van der Waals surface area (Å²) in [5.74, 6) is 0.771. The molecule has 2 N–H and O–H groups in total. The maximum atomic E-state index is 6.15. The second-order valence-electron chi connectivity index (χ2n) is 5.51. The molecule has 0 atom stereocenters. The number of benzene rings is 2. The highest BCUT2D eigenvalue weighted by Gasteiger charge is 2.16. The van der Waals surface area contributed by atoms with E-state index in [9.17, 15) is 0 Å². The van der Waals surface area contributed by atoms with Crippen LogP contribution in [0.3, 0.4) is 0 Å². The van der Waals surface area contributed by atoms with Crippen molar-refractivity contribution in [3.8, 4) is 0 Å². The van der Waals surface area contributed by atoms with Crippen LogP contribution in [0.15, 0.2) is 58.8 Å². The molecule has 2 heterocycles. The predicted molar refractivity (Wildman–Crippen MR) is 104 cm³/mol. The first-order valence-corrected chi connectivity index (χ1v) is 8.94. The molecule has 4 rings (SSSR count). The maximum absolute atomic E-state index is 6.15. The van der Waals surface area contributed by atoms with Crippen LogP contribution < -0.4 is 5.43 Å². The van der Waals surface area contributed by atoms with Gasteiger partial charge in [-0.05, 0) is 30.7 Å². The molecule has 0 radical (unpaired) electrons. The fourth-order valence-electron chi connectivity index (χ4n) is 2.65. The average Bonchev–Trinajstić information content (AvgIpc) is 3.04. The van der Waals surface area contributed by atoms with E-state index in [-0.39, 0.29) is 0 Å². The molecule has 0 saturated heterocycles. The Morgan fingerprint density at radius 1 is 1.17 bits per heavy atom. The van der Waals surface area contributed by atoms with Gasteiger partial charge in [-0.2, -0.15) is 5.10 Å². The van der Waals surface area contributed by atoms with Gasteiger partial charge in [0.05, 0.1) is 11.4 Å². The van der Waals surface area contributed by atoms with E-state index >= 15 is 0 Å². The molecule has 1 aromatic heterocycles. The molecule has 120 valence electrons. The summed E-state index contributed by atoms with van der Waals surface area (Å²) in [6, 6.07) is 14.0. The number of hydrogen-bond donors (Lipinski definition) is 2. The maximum Gasteiger partial charge on any atom is 0.182 e. The number of hydrogen-bond acceptors (Lipinski definition) is 3. The first-order valence-electron chi connectivity index (χ1n) is 7.58. The van der Waals surface area contributed by atoms with E-state index in [1.165, 1.54) is 5.39 Å². The molecule has 1 aliphatic rings. The number of H-pyrrole nitrogens is 1. The lowest BCUT2D eigenvalue weighted by atomic mass is 10.1. The van der Waals surface area contributed by atoms with Gasteiger partial charge in [-0.3, -0.25) is 5.43 Å². The standard InChI is InChI=1S/C18H15ClN4S/c1-11-14(19)6-4-8-15(11)21-18-23-22-17(10-24-18)13-9-20-16-7-3-2-5-12(13)16/h2-9,20H,10H2,1H3,(H,21,23). The number of fused-ring (bicyclic) bond motifs is 1. The van der Waals surface area contributed by atoms with Gasteiger partial charge < -0.3 is 4.98 Å². The van der Waals surface area contributed by atoms with Gasteiger partial charge >= 0.3 is 0 Å². The Morgan fingerprint density at radius 3 is 2.88 bits per heavy atom. The number of amidine groups is 1. The van der Waals surface area contributed by atoms with Gasteiger partial charge in [0.25, 0.3) is 0 Å². The van der Waals surface area contributed by atoms with Crippen LogP contribution in [-0.2, 0) is 0 Å². The van der Waals surface area contributed by atoms with Gasteiger partial charge in [-0.1, -0.05) is 47.6 Å². The topological polar surface area (TPSA) is 52.5 Å². The van der Waals surface area contributed by atoms with Crippen LogP contribution in [0.5, 0.6) is 0 Å². The second kappa shape index (κ2) is 6.34. The van der Waals surface area contributed by atoms with Crippen LogP contribution in [0, 0.1) is 6.92 Å². The van der Waals surface area contributed by atoms with Crippen LogP contribution in [0.4, 0.5) is 5.69 Å². The first kappa shape index (κ1) is 15.3. The van der Waals surface area contributed by atoms with Gasteiger partial charge in [0.2, 0.25) is 0 Å². The molecule has 1 aliphatic heterocycles. The third-order valence-corrected chi connectivity index (χ3v) is 5.28. The van der Waals surface area contributed by atoms with Crippen molar-refractivity contribution in [3.63, 3.8) is 0 Å². The van der Waals surface area contributed by atoms with E-state index in [0.29, 0.717) is 0 Å². The van der Waals surface area contributed by atoms with Crippen molar-refractivity contribution in [2.24, 2.45) is 10.1 Å². The predicted octanol–water partition coefficient (Wildman–Crippen LogP) is 4.86. The lowest BCUT2D eigenvalue weighted by molar-refractivity contribution is 1.03. The summed E-state index contributed by atoms with van der Waals surface area (Å²) < 4.78 is 0. The summed E-state index contributed by atoms with van der Waals surface area (Å²) in [6.07, 6.45) is 2.01. The fourth-order valence-corrected chi connectivity index (χ4v) is 3.58. The highest BCUT2D eigenvalue weighted by atomic mass is 35.5. The number of halogens is 1. The molecule has 0 fully saturated rings. The summed E-state index contributed by atoms with van der Waals surface area (Å²) in [5, 5.41) is 7.20. The van der Waals surface area contributed by atoms with Crippen LogP contribution in [-0.4, -0.2) is 21.6 Å². The molecule has 0 bridgehead atoms. The Bertz CT molecular complexity index is 974. The summed E-state index contributed by atoms with van der Waals surface area (Å²) in [4.78, 5) is 7.91. The van der Waals surface area contributed by atoms with Crippen LogP contribution in [0.25, 0.3) is 10.9 Å². The summed E-state index contributed by atoms with van der Waals surface area (Å²) in [6.45, 7) is 1.97. The molecule has 0 spiro atoms. The quantitative estimate of drug-likeness (QED) is 0.690. The fraction of sp³-hybridized carbons (Fsp3) is 0.111. The van der Waals surface area contributed by atoms with E-state index in [1.807, 2.05) is 43.5 Å². The van der Waals surface area contributed by atoms with Crippen molar-refractivity contribution in [2.45, 2.75) is 6.92 Å². The zero-order chi connectivity index (χ0) is 16.5. The number of nitrogens with zero attached hydrogens (tertiary/aromatic N) is 2. The number of aliphatic imine (C=N–C) groups is 1. The third kappa shape index (κ3) is 2.81. The molecule has 2 aromatic carbocycles. The van der Waals surface area contributed by atoms with E-state index < -0.39 is 0 Å². The van der Waals surface area contributed by atoms with Crippen LogP contribution in [0.1, 0.15) is 11.1 Å². The van der Waals surface area contributed by atoms with Crippen molar-refractivity contribution in [2.75, 3.05) is 5.75 Å². The third-order valence-electron chi connectivity index (χ3n) is 3.99. The van der Waals surface area contributed by atoms with Crippen LogP contribution in [0.2, 0.25) is 5.02 Å². The van der Waals surface area contributed by atoms with Gasteiger partial charge in [0, 0.05) is 33.4 Å². The number of hydrazone groups is 1. The number of aromatic amines is 1. The molecule has 3 aromatic rings. The number of thioether (sulfide) groups is 1. The van der Waals surface area contributed by atoms with E-state index in [4.69, 9.17) is 11.6 Å². The number of nitrogens with one attached hydrogen (secondary N) is 2. The molecule has 0 saturated carbocycles. The zero-order valence-electron chi connectivity index (χ0n) is 13.0. The highest BCUT2D eigenvalue weighted by Crippen LogP contribution is 2.27. The largest absolute Gasteiger partial charge is 0.360 e. The first-order chi connectivity index (χ1) is 11.7. The zero-order valence-corrected chi connectivity index (χ0v) is 14.6. The summed E-state index contributed by atoms with van der Waals surface area (Å²) in [7, 11) is 0. The molecule has 6 heteroatoms. The molecule has 0 aliphatic carbocycles. The summed E-state index contributed by atoms with van der Waals surface area (Å²) in [5.41, 5.74) is 8.16. The number of rotatable bonds is 2. The van der Waals surface area contributed by atoms with E-state index in [0.717, 1.165) is 44.0 Å². The monoisotopic (exact) mass is 354 g/mol. The molecular formula is C18H15ClN4S. The smallest absolute Gasteiger partial charge is 0.182 e. The minimum absolute atomic E-state index is 0.723. The average molecular weight is 355 g/mol. The SMILES string of the molecule is Cc1c(Cl)cccc1N=C1NN=C(c2c[nH]c3ccccc23)CS1. The Labute approximate surface area is 149 Å². The van der Waals surface area contributed by atoms with Crippen molar-refractivity contribution in [1.82, 2.24) is 10.4 Å². The lowest BCUT2D eigenvalue weighted by Crippen LogP contribution is -2.25. The Morgan fingerprint density at radius 2 is 2.04 bits per heavy atom. The van der Waals surface area contributed by atoms with Crippen molar-refractivity contribution in [1.29, 1.82) is 0 Å². The summed E-state index contributed by atoms with van der Waals surface area (Å²) >= 11 is 7.79. The van der Waals surface area contributed by atoms with Gasteiger partial charge in [0.1, 0.15) is 0 Å². The van der Waals surface area contributed by atoms with E-state index in [2.05, 4.69) is 32.6 Å². The van der Waals surface area contributed by atoms with Crippen LogP contribution >= 0.6 is 23.4 Å². The Kier molecular flexibility index (Phi) is 4.04. The number of para-hydroxylation sites is 1. The second-order valence-corrected chi connectivity index (χ2v) is 6.88. The lowest BCUT2D eigenvalue weighted by Gasteiger charge is -2.15. The normalized spacial score (nSPS) is 16.2. The van der Waals surface area contributed by atoms with Crippen molar-refractivity contribution >= 4 is 50.8 Å². The minimum Gasteiger partial charge on any atom is -0.360 e. The Hall–Kier alpha value is -2.24. The van der Waals surface area contributed by atoms with Crippen molar-refractivity contribution < 1.29 is 0 Å². The molecule has 4 nitrogen and oxygen atoms in total. The molecular weight excluding hydrogens is 340 g/mol. The highest BCUT2D eigenvalue weighted by molar-refractivity contribution is 8.14. The van der Waals surface area contributed by atoms with Gasteiger partial charge in [0.15, 0.2) is 5.17 Å². The van der Waals surface area contributed by atoms with Crippen molar-refractivity contribution in [3.05, 3.63) is 64.8 Å². The molecule has 0 amide bonds. The van der Waals surface area contributed by atoms with E-state index in [1.54, 1.807) is 11.8 Å².